The van der Waals surface area contributed by atoms with Crippen molar-refractivity contribution in [3.05, 3.63) is 95.6 Å². The van der Waals surface area contributed by atoms with Gasteiger partial charge in [0.25, 0.3) is 0 Å². The first-order valence-electron chi connectivity index (χ1n) is 8.89. The minimum atomic E-state index is -1.15. The van der Waals surface area contributed by atoms with Gasteiger partial charge in [-0.2, -0.15) is 0 Å². The number of para-hydroxylation sites is 1. The molecule has 0 aromatic heterocycles. The molecule has 7 heteroatoms. The molecule has 2 nitrogen and oxygen atoms in total. The summed E-state index contributed by atoms with van der Waals surface area (Å²) in [5.74, 6) is -2.94. The first kappa shape index (κ1) is 19.0. The molecular formula is C22H14BF4NO. The lowest BCUT2D eigenvalue weighted by Gasteiger charge is -2.19. The Morgan fingerprint density at radius 2 is 1.38 bits per heavy atom. The average Bonchev–Trinajstić information content (AvgIpc) is 2.90. The van der Waals surface area contributed by atoms with Gasteiger partial charge in [-0.25, -0.2) is 17.6 Å². The normalized spacial score (nSPS) is 12.4. The zero-order chi connectivity index (χ0) is 20.4. The highest BCUT2D eigenvalue weighted by atomic mass is 19.1. The fraction of sp³-hybridized carbons (Fsp3) is 0.0455. The Bertz CT molecular complexity index is 1040. The van der Waals surface area contributed by atoms with Gasteiger partial charge in [-0.15, -0.1) is 0 Å². The predicted octanol–water partition coefficient (Wildman–Crippen LogP) is 4.24. The lowest BCUT2D eigenvalue weighted by molar-refractivity contribution is 0.573. The molecule has 0 spiro atoms. The molecule has 1 heterocycles. The molecule has 0 unspecified atom stereocenters. The maximum atomic E-state index is 13.9. The molecule has 0 atom stereocenters. The summed E-state index contributed by atoms with van der Waals surface area (Å²) in [7, 11) is 0. The second kappa shape index (κ2) is 7.95. The highest BCUT2D eigenvalue weighted by Crippen LogP contribution is 2.33. The molecule has 0 aliphatic carbocycles. The van der Waals surface area contributed by atoms with Crippen LogP contribution >= 0.6 is 0 Å². The lowest BCUT2D eigenvalue weighted by atomic mass is 9.55. The Labute approximate surface area is 165 Å². The van der Waals surface area contributed by atoms with E-state index in [1.54, 1.807) is 24.4 Å². The number of fused-ring (bicyclic) bond motifs is 1. The molecule has 4 rings (SSSR count). The van der Waals surface area contributed by atoms with Crippen molar-refractivity contribution in [2.24, 2.45) is 4.99 Å². The molecule has 3 aromatic rings. The van der Waals surface area contributed by atoms with Crippen molar-refractivity contribution in [2.45, 2.75) is 6.42 Å². The van der Waals surface area contributed by atoms with Crippen molar-refractivity contribution >= 4 is 29.7 Å². The number of hydrogen-bond acceptors (Lipinski definition) is 2. The van der Waals surface area contributed by atoms with Gasteiger partial charge in [-0.05, 0) is 59.3 Å². The summed E-state index contributed by atoms with van der Waals surface area (Å²) in [6.45, 7) is -1.15. The van der Waals surface area contributed by atoms with Gasteiger partial charge in [0, 0.05) is 18.3 Å². The van der Waals surface area contributed by atoms with Crippen LogP contribution in [-0.2, 0) is 6.42 Å². The maximum absolute atomic E-state index is 13.9. The van der Waals surface area contributed by atoms with Crippen LogP contribution in [0.15, 0.2) is 71.7 Å². The summed E-state index contributed by atoms with van der Waals surface area (Å²) >= 11 is 0. The first-order chi connectivity index (χ1) is 14.0. The van der Waals surface area contributed by atoms with Crippen LogP contribution in [0.5, 0.6) is 5.75 Å². The molecule has 0 saturated heterocycles. The van der Waals surface area contributed by atoms with Gasteiger partial charge in [-0.1, -0.05) is 18.2 Å². The van der Waals surface area contributed by atoms with Gasteiger partial charge in [0.05, 0.1) is 0 Å². The summed E-state index contributed by atoms with van der Waals surface area (Å²) in [4.78, 5) is 4.36. The Kier molecular flexibility index (Phi) is 5.21. The van der Waals surface area contributed by atoms with Gasteiger partial charge in [0.2, 0.25) is 0 Å². The molecular weight excluding hydrogens is 381 g/mol. The monoisotopic (exact) mass is 395 g/mol. The molecule has 1 aliphatic rings. The van der Waals surface area contributed by atoms with E-state index in [1.165, 1.54) is 0 Å². The Morgan fingerprint density at radius 3 is 1.97 bits per heavy atom. The summed E-state index contributed by atoms with van der Waals surface area (Å²) in [6.07, 6.45) is 5.96. The third-order valence-corrected chi connectivity index (χ3v) is 4.47. The van der Waals surface area contributed by atoms with E-state index in [9.17, 15) is 17.6 Å². The van der Waals surface area contributed by atoms with Gasteiger partial charge >= 0.3 is 6.92 Å². The predicted molar refractivity (Wildman–Crippen MR) is 106 cm³/mol. The topological polar surface area (TPSA) is 21.6 Å². The number of halogens is 4. The van der Waals surface area contributed by atoms with Crippen LogP contribution in [0.4, 0.5) is 23.2 Å². The number of hydrogen-bond donors (Lipinski definition) is 0. The Morgan fingerprint density at radius 1 is 0.793 bits per heavy atom. The van der Waals surface area contributed by atoms with Crippen LogP contribution < -0.4 is 15.6 Å². The summed E-state index contributed by atoms with van der Waals surface area (Å²) in [5, 5.41) is 0. The fourth-order valence-electron chi connectivity index (χ4n) is 3.26. The fourth-order valence-corrected chi connectivity index (χ4v) is 3.26. The second-order valence-electron chi connectivity index (χ2n) is 6.58. The van der Waals surface area contributed by atoms with Crippen molar-refractivity contribution in [3.8, 4) is 5.75 Å². The van der Waals surface area contributed by atoms with Gasteiger partial charge in [0.1, 0.15) is 34.7 Å². The van der Waals surface area contributed by atoms with Crippen LogP contribution in [0.1, 0.15) is 5.56 Å². The van der Waals surface area contributed by atoms with E-state index in [-0.39, 0.29) is 10.9 Å². The largest absolute Gasteiger partial charge is 0.550 e. The van der Waals surface area contributed by atoms with Crippen molar-refractivity contribution in [1.29, 1.82) is 0 Å². The zero-order valence-corrected chi connectivity index (χ0v) is 15.1. The molecule has 0 amide bonds. The average molecular weight is 395 g/mol. The molecule has 0 radical (unpaired) electrons. The van der Waals surface area contributed by atoms with E-state index in [2.05, 4.69) is 4.99 Å². The van der Waals surface area contributed by atoms with E-state index >= 15 is 0 Å². The molecule has 144 valence electrons. The smallest absolute Gasteiger partial charge is 0.426 e. The lowest BCUT2D eigenvalue weighted by Crippen LogP contribution is -2.48. The summed E-state index contributed by atoms with van der Waals surface area (Å²) in [6, 6.07) is 11.0. The highest BCUT2D eigenvalue weighted by Gasteiger charge is 2.28. The van der Waals surface area contributed by atoms with Crippen LogP contribution in [0.2, 0.25) is 0 Å². The molecule has 0 bridgehead atoms. The van der Waals surface area contributed by atoms with Crippen LogP contribution in [0, 0.1) is 23.3 Å². The van der Waals surface area contributed by atoms with Crippen LogP contribution in [-0.4, -0.2) is 13.1 Å². The van der Waals surface area contributed by atoms with Gasteiger partial charge < -0.3 is 4.65 Å². The number of aliphatic imine (C=N–C) groups is 1. The second-order valence-corrected chi connectivity index (χ2v) is 6.58. The minimum absolute atomic E-state index is 0.0841. The number of nitrogens with zero attached hydrogens (tertiary/aromatic N) is 1. The minimum Gasteiger partial charge on any atom is -0.550 e. The van der Waals surface area contributed by atoms with Crippen molar-refractivity contribution in [1.82, 2.24) is 0 Å². The quantitative estimate of drug-likeness (QED) is 0.479. The Hall–Kier alpha value is -3.35. The number of benzene rings is 3. The Balaban J connectivity index is 1.84. The summed E-state index contributed by atoms with van der Waals surface area (Å²) < 4.78 is 61.5. The van der Waals surface area contributed by atoms with E-state index in [0.717, 1.165) is 42.0 Å². The van der Waals surface area contributed by atoms with E-state index in [4.69, 9.17) is 4.65 Å². The molecule has 0 fully saturated rings. The first-order valence-corrected chi connectivity index (χ1v) is 8.89. The zero-order valence-electron chi connectivity index (χ0n) is 15.1. The maximum Gasteiger partial charge on any atom is 0.426 e. The SMILES string of the molecule is Fc1cc(F)cc(B(Oc2cccc3c2N=CC=CC3)c2cc(F)cc(F)c2)c1. The molecule has 0 N–H and O–H groups in total. The van der Waals surface area contributed by atoms with Crippen molar-refractivity contribution in [3.63, 3.8) is 0 Å². The summed E-state index contributed by atoms with van der Waals surface area (Å²) in [5.41, 5.74) is 1.61. The van der Waals surface area contributed by atoms with Crippen LogP contribution in [0.3, 0.4) is 0 Å². The molecule has 1 aliphatic heterocycles. The van der Waals surface area contributed by atoms with Crippen LogP contribution in [0.25, 0.3) is 0 Å². The molecule has 0 saturated carbocycles. The van der Waals surface area contributed by atoms with E-state index < -0.39 is 30.2 Å². The molecule has 29 heavy (non-hydrogen) atoms. The van der Waals surface area contributed by atoms with Gasteiger partial charge in [0.15, 0.2) is 0 Å². The van der Waals surface area contributed by atoms with E-state index in [0.29, 0.717) is 17.9 Å². The number of rotatable bonds is 4. The highest BCUT2D eigenvalue weighted by molar-refractivity contribution is 6.80. The third kappa shape index (κ3) is 4.24. The van der Waals surface area contributed by atoms with Crippen molar-refractivity contribution < 1.29 is 22.2 Å². The number of allylic oxidation sites excluding steroid dienone is 2. The standard InChI is InChI=1S/C22H14BF4NO/c24-17-8-15(9-18(25)12-17)23(16-10-19(26)13-20(27)11-16)29-21-6-3-5-14-4-1-2-7-28-22(14)21/h1-3,5-13H,4H2. The van der Waals surface area contributed by atoms with Gasteiger partial charge in [-0.3, -0.25) is 4.99 Å². The molecule has 3 aromatic carbocycles. The van der Waals surface area contributed by atoms with E-state index in [1.807, 2.05) is 12.1 Å². The van der Waals surface area contributed by atoms with Crippen molar-refractivity contribution in [2.75, 3.05) is 0 Å². The third-order valence-electron chi connectivity index (χ3n) is 4.47.